The number of rotatable bonds is 7. The zero-order chi connectivity index (χ0) is 15.8. The molecular weight excluding hydrogens is 294 g/mol. The fourth-order valence-electron chi connectivity index (χ4n) is 1.80. The van der Waals surface area contributed by atoms with Crippen molar-refractivity contribution in [3.8, 4) is 5.75 Å². The van der Waals surface area contributed by atoms with Crippen molar-refractivity contribution in [2.24, 2.45) is 0 Å². The van der Waals surface area contributed by atoms with Gasteiger partial charge in [0, 0.05) is 10.6 Å². The first-order valence-corrected chi connectivity index (χ1v) is 6.82. The molecule has 0 saturated heterocycles. The Balaban J connectivity index is 2.79. The summed E-state index contributed by atoms with van der Waals surface area (Å²) in [6.45, 7) is 1.79. The van der Waals surface area contributed by atoms with Gasteiger partial charge in [-0.25, -0.2) is 4.79 Å². The molecule has 6 heteroatoms. The van der Waals surface area contributed by atoms with E-state index in [1.807, 2.05) is 0 Å². The minimum Gasteiger partial charge on any atom is -0.496 e. The summed E-state index contributed by atoms with van der Waals surface area (Å²) in [7, 11) is 1.49. The number of carbonyl (C=O) groups is 2. The van der Waals surface area contributed by atoms with Gasteiger partial charge in [-0.2, -0.15) is 0 Å². The van der Waals surface area contributed by atoms with Gasteiger partial charge in [0.05, 0.1) is 13.5 Å². The molecule has 0 heterocycles. The van der Waals surface area contributed by atoms with Gasteiger partial charge in [-0.05, 0) is 25.5 Å². The van der Waals surface area contributed by atoms with Crippen LogP contribution in [0.25, 0.3) is 0 Å². The van der Waals surface area contributed by atoms with Gasteiger partial charge in [-0.1, -0.05) is 29.8 Å². The molecule has 2 N–H and O–H groups in total. The van der Waals surface area contributed by atoms with Crippen LogP contribution in [0.3, 0.4) is 0 Å². The second-order valence-corrected chi connectivity index (χ2v) is 4.77. The number of hydrogen-bond donors (Lipinski definition) is 2. The Labute approximate surface area is 128 Å². The summed E-state index contributed by atoms with van der Waals surface area (Å²) in [5.41, 5.74) is 0.536. The molecule has 1 aromatic carbocycles. The van der Waals surface area contributed by atoms with Gasteiger partial charge in [0.2, 0.25) is 5.91 Å². The van der Waals surface area contributed by atoms with Crippen molar-refractivity contribution in [2.45, 2.75) is 25.8 Å². The summed E-state index contributed by atoms with van der Waals surface area (Å²) in [6.07, 6.45) is 3.62. The maximum absolute atomic E-state index is 12.0. The number of amides is 1. The van der Waals surface area contributed by atoms with Crippen LogP contribution in [-0.2, 0) is 16.0 Å². The molecule has 0 aromatic heterocycles. The van der Waals surface area contributed by atoms with Crippen LogP contribution in [-0.4, -0.2) is 30.1 Å². The SMILES string of the molecule is C/C=C/CC(NC(=O)Cc1c(Cl)cccc1OC)C(=O)O. The van der Waals surface area contributed by atoms with E-state index in [0.29, 0.717) is 16.3 Å². The Morgan fingerprint density at radius 2 is 2.19 bits per heavy atom. The lowest BCUT2D eigenvalue weighted by molar-refractivity contribution is -0.141. The van der Waals surface area contributed by atoms with Crippen LogP contribution in [0.4, 0.5) is 0 Å². The summed E-state index contributed by atoms with van der Waals surface area (Å²) >= 11 is 6.05. The molecular formula is C15H18ClNO4. The highest BCUT2D eigenvalue weighted by Gasteiger charge is 2.20. The predicted molar refractivity (Wildman–Crippen MR) is 80.7 cm³/mol. The molecule has 1 rings (SSSR count). The number of aliphatic carboxylic acids is 1. The number of nitrogens with one attached hydrogen (secondary N) is 1. The van der Waals surface area contributed by atoms with E-state index < -0.39 is 17.9 Å². The summed E-state index contributed by atoms with van der Waals surface area (Å²) < 4.78 is 5.15. The van der Waals surface area contributed by atoms with Gasteiger partial charge < -0.3 is 15.2 Å². The lowest BCUT2D eigenvalue weighted by Crippen LogP contribution is -2.41. The predicted octanol–water partition coefficient (Wildman–Crippen LogP) is 2.43. The summed E-state index contributed by atoms with van der Waals surface area (Å²) in [4.78, 5) is 23.1. The van der Waals surface area contributed by atoms with E-state index >= 15 is 0 Å². The third kappa shape index (κ3) is 5.11. The monoisotopic (exact) mass is 311 g/mol. The molecule has 1 aromatic rings. The third-order valence-corrected chi connectivity index (χ3v) is 3.23. The van der Waals surface area contributed by atoms with Crippen molar-refractivity contribution in [3.05, 3.63) is 40.9 Å². The Morgan fingerprint density at radius 3 is 2.76 bits per heavy atom. The number of allylic oxidation sites excluding steroid dienone is 1. The number of carboxylic acid groups (broad SMARTS) is 1. The number of carbonyl (C=O) groups excluding carboxylic acids is 1. The zero-order valence-corrected chi connectivity index (χ0v) is 12.7. The number of ether oxygens (including phenoxy) is 1. The first-order chi connectivity index (χ1) is 9.99. The Morgan fingerprint density at radius 1 is 1.48 bits per heavy atom. The largest absolute Gasteiger partial charge is 0.496 e. The highest BCUT2D eigenvalue weighted by molar-refractivity contribution is 6.31. The topological polar surface area (TPSA) is 75.6 Å². The zero-order valence-electron chi connectivity index (χ0n) is 11.9. The van der Waals surface area contributed by atoms with Crippen LogP contribution in [0, 0.1) is 0 Å². The maximum Gasteiger partial charge on any atom is 0.326 e. The van der Waals surface area contributed by atoms with Crippen molar-refractivity contribution >= 4 is 23.5 Å². The van der Waals surface area contributed by atoms with E-state index in [1.165, 1.54) is 7.11 Å². The number of benzene rings is 1. The molecule has 1 atom stereocenters. The highest BCUT2D eigenvalue weighted by Crippen LogP contribution is 2.26. The van der Waals surface area contributed by atoms with E-state index in [-0.39, 0.29) is 12.8 Å². The molecule has 5 nitrogen and oxygen atoms in total. The molecule has 0 aliphatic rings. The van der Waals surface area contributed by atoms with E-state index in [2.05, 4.69) is 5.32 Å². The first-order valence-electron chi connectivity index (χ1n) is 6.44. The van der Waals surface area contributed by atoms with Gasteiger partial charge in [-0.15, -0.1) is 0 Å². The second-order valence-electron chi connectivity index (χ2n) is 4.36. The molecule has 21 heavy (non-hydrogen) atoms. The van der Waals surface area contributed by atoms with Crippen LogP contribution >= 0.6 is 11.6 Å². The number of carboxylic acids is 1. The van der Waals surface area contributed by atoms with Crippen LogP contribution < -0.4 is 10.1 Å². The average Bonchev–Trinajstić information content (AvgIpc) is 2.45. The van der Waals surface area contributed by atoms with Crippen molar-refractivity contribution in [3.63, 3.8) is 0 Å². The van der Waals surface area contributed by atoms with Crippen LogP contribution in [0.15, 0.2) is 30.4 Å². The second kappa shape index (κ2) is 8.32. The number of hydrogen-bond acceptors (Lipinski definition) is 3. The van der Waals surface area contributed by atoms with E-state index in [0.717, 1.165) is 0 Å². The molecule has 0 bridgehead atoms. The summed E-state index contributed by atoms with van der Waals surface area (Å²) in [5.74, 6) is -0.996. The molecule has 1 unspecified atom stereocenters. The fraction of sp³-hybridized carbons (Fsp3) is 0.333. The molecule has 0 radical (unpaired) electrons. The van der Waals surface area contributed by atoms with Crippen molar-refractivity contribution < 1.29 is 19.4 Å². The maximum atomic E-state index is 12.0. The van der Waals surface area contributed by atoms with Crippen molar-refractivity contribution in [2.75, 3.05) is 7.11 Å². The Hall–Kier alpha value is -2.01. The quantitative estimate of drug-likeness (QED) is 0.758. The Kier molecular flexibility index (Phi) is 6.75. The average molecular weight is 312 g/mol. The van der Waals surface area contributed by atoms with Crippen LogP contribution in [0.5, 0.6) is 5.75 Å². The van der Waals surface area contributed by atoms with Crippen molar-refractivity contribution in [1.82, 2.24) is 5.32 Å². The molecule has 0 aliphatic heterocycles. The van der Waals surface area contributed by atoms with Crippen LogP contribution in [0.1, 0.15) is 18.9 Å². The minimum absolute atomic E-state index is 0.0392. The van der Waals surface area contributed by atoms with Gasteiger partial charge in [0.1, 0.15) is 11.8 Å². The Bertz CT molecular complexity index is 542. The van der Waals surface area contributed by atoms with E-state index in [9.17, 15) is 9.59 Å². The smallest absolute Gasteiger partial charge is 0.326 e. The number of methoxy groups -OCH3 is 1. The highest BCUT2D eigenvalue weighted by atomic mass is 35.5. The van der Waals surface area contributed by atoms with Gasteiger partial charge in [0.25, 0.3) is 0 Å². The van der Waals surface area contributed by atoms with Crippen LogP contribution in [0.2, 0.25) is 5.02 Å². The molecule has 0 saturated carbocycles. The first kappa shape index (κ1) is 17.0. The van der Waals surface area contributed by atoms with E-state index in [4.69, 9.17) is 21.4 Å². The fourth-order valence-corrected chi connectivity index (χ4v) is 2.03. The summed E-state index contributed by atoms with van der Waals surface area (Å²) in [5, 5.41) is 12.0. The molecule has 114 valence electrons. The lowest BCUT2D eigenvalue weighted by Gasteiger charge is -2.14. The van der Waals surface area contributed by atoms with Gasteiger partial charge in [0.15, 0.2) is 0 Å². The lowest BCUT2D eigenvalue weighted by atomic mass is 10.1. The number of halogens is 1. The molecule has 1 amide bonds. The van der Waals surface area contributed by atoms with E-state index in [1.54, 1.807) is 37.3 Å². The van der Waals surface area contributed by atoms with Gasteiger partial charge >= 0.3 is 5.97 Å². The van der Waals surface area contributed by atoms with Crippen molar-refractivity contribution in [1.29, 1.82) is 0 Å². The van der Waals surface area contributed by atoms with Gasteiger partial charge in [-0.3, -0.25) is 4.79 Å². The standard InChI is InChI=1S/C15H18ClNO4/c1-3-4-7-12(15(19)20)17-14(18)9-10-11(16)6-5-8-13(10)21-2/h3-6,8,12H,7,9H2,1-2H3,(H,17,18)(H,19,20)/b4-3+. The molecule has 0 spiro atoms. The molecule has 0 aliphatic carbocycles. The molecule has 0 fully saturated rings. The minimum atomic E-state index is -1.08. The third-order valence-electron chi connectivity index (χ3n) is 2.87. The normalized spacial score (nSPS) is 12.1. The summed E-state index contributed by atoms with van der Waals surface area (Å²) in [6, 6.07) is 4.11.